The highest BCUT2D eigenvalue weighted by atomic mass is 16.5. The number of urea groups is 1. The summed E-state index contributed by atoms with van der Waals surface area (Å²) in [5.74, 6) is -0.148. The minimum Gasteiger partial charge on any atom is -0.377 e. The number of hydrogen-bond donors (Lipinski definition) is 1. The van der Waals surface area contributed by atoms with Gasteiger partial charge < -0.3 is 19.9 Å². The molecule has 17 heavy (non-hydrogen) atoms. The Bertz CT molecular complexity index is 283. The van der Waals surface area contributed by atoms with E-state index in [0.717, 1.165) is 0 Å². The highest BCUT2D eigenvalue weighted by Crippen LogP contribution is 2.10. The Hall–Kier alpha value is -1.30. The van der Waals surface area contributed by atoms with Crippen LogP contribution in [0.1, 0.15) is 13.8 Å². The van der Waals surface area contributed by atoms with E-state index in [4.69, 9.17) is 4.74 Å². The van der Waals surface area contributed by atoms with Crippen LogP contribution in [0.4, 0.5) is 4.79 Å². The molecule has 0 radical (unpaired) electrons. The van der Waals surface area contributed by atoms with Crippen molar-refractivity contribution >= 4 is 11.9 Å². The molecule has 0 aromatic carbocycles. The van der Waals surface area contributed by atoms with E-state index in [1.54, 1.807) is 16.8 Å². The maximum absolute atomic E-state index is 12.1. The third kappa shape index (κ3) is 3.33. The second-order valence-corrected chi connectivity index (χ2v) is 3.98. The van der Waals surface area contributed by atoms with Gasteiger partial charge in [-0.15, -0.1) is 0 Å². The van der Waals surface area contributed by atoms with Gasteiger partial charge in [-0.2, -0.15) is 0 Å². The third-order valence-corrected chi connectivity index (χ3v) is 2.83. The van der Waals surface area contributed by atoms with Crippen LogP contribution in [-0.4, -0.2) is 67.7 Å². The van der Waals surface area contributed by atoms with Gasteiger partial charge >= 0.3 is 6.03 Å². The molecule has 3 amide bonds. The number of ether oxygens (including phenoxy) is 1. The quantitative estimate of drug-likeness (QED) is 0.752. The number of likely N-dealkylation sites (N-methyl/N-ethyl adjacent to an activating group) is 1. The highest BCUT2D eigenvalue weighted by Gasteiger charge is 2.33. The average Bonchev–Trinajstić information content (AvgIpc) is 2.37. The summed E-state index contributed by atoms with van der Waals surface area (Å²) in [6, 6.07) is -0.628. The number of carbonyl (C=O) groups is 2. The molecular weight excluding hydrogens is 222 g/mol. The van der Waals surface area contributed by atoms with Gasteiger partial charge in [0, 0.05) is 26.7 Å². The van der Waals surface area contributed by atoms with Crippen molar-refractivity contribution in [2.75, 3.05) is 39.9 Å². The fourth-order valence-corrected chi connectivity index (χ4v) is 1.70. The predicted octanol–water partition coefficient (Wildman–Crippen LogP) is -0.105. The normalized spacial score (nSPS) is 19.9. The van der Waals surface area contributed by atoms with E-state index >= 15 is 0 Å². The van der Waals surface area contributed by atoms with Gasteiger partial charge in [0.25, 0.3) is 0 Å². The summed E-state index contributed by atoms with van der Waals surface area (Å²) in [5, 5.41) is 2.73. The molecule has 1 unspecified atom stereocenters. The molecular formula is C11H21N3O3. The molecule has 0 bridgehead atoms. The Labute approximate surface area is 102 Å². The average molecular weight is 243 g/mol. The molecule has 0 aliphatic carbocycles. The Morgan fingerprint density at radius 3 is 2.76 bits per heavy atom. The molecule has 1 aliphatic heterocycles. The second-order valence-electron chi connectivity index (χ2n) is 3.98. The third-order valence-electron chi connectivity index (χ3n) is 2.83. The predicted molar refractivity (Wildman–Crippen MR) is 63.7 cm³/mol. The summed E-state index contributed by atoms with van der Waals surface area (Å²) in [6.07, 6.45) is 0. The molecule has 1 saturated heterocycles. The summed E-state index contributed by atoms with van der Waals surface area (Å²) in [4.78, 5) is 27.1. The standard InChI is InChI=1S/C11H21N3O3/c1-4-12-10(15)9-8-17-7-6-14(9)11(16)13(3)5-2/h9H,4-8H2,1-3H3,(H,12,15). The number of nitrogens with zero attached hydrogens (tertiary/aromatic N) is 2. The van der Waals surface area contributed by atoms with E-state index in [1.807, 2.05) is 13.8 Å². The topological polar surface area (TPSA) is 61.9 Å². The maximum Gasteiger partial charge on any atom is 0.320 e. The molecule has 0 aromatic heterocycles. The fraction of sp³-hybridized carbons (Fsp3) is 0.818. The van der Waals surface area contributed by atoms with Gasteiger partial charge in [-0.1, -0.05) is 0 Å². The van der Waals surface area contributed by atoms with Crippen molar-refractivity contribution in [2.45, 2.75) is 19.9 Å². The van der Waals surface area contributed by atoms with Crippen molar-refractivity contribution < 1.29 is 14.3 Å². The second kappa shape index (κ2) is 6.44. The summed E-state index contributed by atoms with van der Waals surface area (Å²) in [5.41, 5.74) is 0. The number of rotatable bonds is 3. The number of hydrogen-bond acceptors (Lipinski definition) is 3. The first-order chi connectivity index (χ1) is 8.11. The molecule has 1 heterocycles. The Morgan fingerprint density at radius 1 is 1.47 bits per heavy atom. The first-order valence-electron chi connectivity index (χ1n) is 5.99. The number of morpholine rings is 1. The number of carbonyl (C=O) groups excluding carboxylic acids is 2. The smallest absolute Gasteiger partial charge is 0.320 e. The Balaban J connectivity index is 2.71. The van der Waals surface area contributed by atoms with Crippen molar-refractivity contribution in [3.05, 3.63) is 0 Å². The highest BCUT2D eigenvalue weighted by molar-refractivity contribution is 5.87. The van der Waals surface area contributed by atoms with Crippen LogP contribution >= 0.6 is 0 Å². The van der Waals surface area contributed by atoms with E-state index in [2.05, 4.69) is 5.32 Å². The van der Waals surface area contributed by atoms with Gasteiger partial charge in [-0.05, 0) is 13.8 Å². The van der Waals surface area contributed by atoms with Crippen LogP contribution in [-0.2, 0) is 9.53 Å². The lowest BCUT2D eigenvalue weighted by Crippen LogP contribution is -2.58. The van der Waals surface area contributed by atoms with Crippen LogP contribution in [0.2, 0.25) is 0 Å². The van der Waals surface area contributed by atoms with E-state index in [-0.39, 0.29) is 18.5 Å². The first-order valence-corrected chi connectivity index (χ1v) is 5.99. The molecule has 0 aromatic rings. The van der Waals surface area contributed by atoms with Crippen LogP contribution in [0, 0.1) is 0 Å². The lowest BCUT2D eigenvalue weighted by molar-refractivity contribution is -0.130. The molecule has 6 heteroatoms. The van der Waals surface area contributed by atoms with Crippen LogP contribution in [0.25, 0.3) is 0 Å². The Morgan fingerprint density at radius 2 is 2.18 bits per heavy atom. The minimum absolute atomic E-state index is 0.118. The maximum atomic E-state index is 12.1. The lowest BCUT2D eigenvalue weighted by atomic mass is 10.2. The molecule has 1 N–H and O–H groups in total. The van der Waals surface area contributed by atoms with Crippen LogP contribution in [0.5, 0.6) is 0 Å². The molecule has 0 saturated carbocycles. The van der Waals surface area contributed by atoms with Gasteiger partial charge in [0.05, 0.1) is 13.2 Å². The summed E-state index contributed by atoms with van der Waals surface area (Å²) < 4.78 is 5.27. The van der Waals surface area contributed by atoms with Gasteiger partial charge in [-0.25, -0.2) is 4.79 Å². The van der Waals surface area contributed by atoms with Crippen LogP contribution < -0.4 is 5.32 Å². The first kappa shape index (κ1) is 13.8. The molecule has 1 fully saturated rings. The summed E-state index contributed by atoms with van der Waals surface area (Å²) >= 11 is 0. The zero-order chi connectivity index (χ0) is 12.8. The van der Waals surface area contributed by atoms with E-state index in [0.29, 0.717) is 26.2 Å². The number of nitrogens with one attached hydrogen (secondary N) is 1. The monoisotopic (exact) mass is 243 g/mol. The largest absolute Gasteiger partial charge is 0.377 e. The molecule has 98 valence electrons. The zero-order valence-corrected chi connectivity index (χ0v) is 10.7. The molecule has 0 spiro atoms. The lowest BCUT2D eigenvalue weighted by Gasteiger charge is -2.36. The molecule has 6 nitrogen and oxygen atoms in total. The molecule has 1 aliphatic rings. The summed E-state index contributed by atoms with van der Waals surface area (Å²) in [7, 11) is 1.73. The van der Waals surface area contributed by atoms with E-state index in [9.17, 15) is 9.59 Å². The van der Waals surface area contributed by atoms with E-state index in [1.165, 1.54) is 0 Å². The van der Waals surface area contributed by atoms with Crippen LogP contribution in [0.15, 0.2) is 0 Å². The van der Waals surface area contributed by atoms with Crippen molar-refractivity contribution in [1.29, 1.82) is 0 Å². The Kier molecular flexibility index (Phi) is 5.21. The number of amides is 3. The minimum atomic E-state index is -0.509. The van der Waals surface area contributed by atoms with Crippen molar-refractivity contribution in [3.63, 3.8) is 0 Å². The molecule has 1 rings (SSSR count). The van der Waals surface area contributed by atoms with Gasteiger partial charge in [0.2, 0.25) is 5.91 Å². The van der Waals surface area contributed by atoms with Crippen LogP contribution in [0.3, 0.4) is 0 Å². The van der Waals surface area contributed by atoms with Gasteiger partial charge in [-0.3, -0.25) is 4.79 Å². The summed E-state index contributed by atoms with van der Waals surface area (Å²) in [6.45, 7) is 6.16. The van der Waals surface area contributed by atoms with Crippen molar-refractivity contribution in [1.82, 2.24) is 15.1 Å². The molecule has 1 atom stereocenters. The SMILES string of the molecule is CCNC(=O)C1COCCN1C(=O)N(C)CC. The fourth-order valence-electron chi connectivity index (χ4n) is 1.70. The van der Waals surface area contributed by atoms with Crippen molar-refractivity contribution in [2.24, 2.45) is 0 Å². The van der Waals surface area contributed by atoms with Gasteiger partial charge in [0.1, 0.15) is 6.04 Å². The van der Waals surface area contributed by atoms with Gasteiger partial charge in [0.15, 0.2) is 0 Å². The van der Waals surface area contributed by atoms with Crippen molar-refractivity contribution in [3.8, 4) is 0 Å². The zero-order valence-electron chi connectivity index (χ0n) is 10.7. The van der Waals surface area contributed by atoms with E-state index < -0.39 is 6.04 Å².